The Morgan fingerprint density at radius 2 is 1.92 bits per heavy atom. The minimum Gasteiger partial charge on any atom is -0.362 e. The van der Waals surface area contributed by atoms with Crippen LogP contribution in [0.15, 0.2) is 47.6 Å². The summed E-state index contributed by atoms with van der Waals surface area (Å²) in [5, 5.41) is 3.65. The number of hydrazone groups is 1. The molecule has 0 aromatic heterocycles. The van der Waals surface area contributed by atoms with E-state index in [0.29, 0.717) is 0 Å². The Morgan fingerprint density at radius 3 is 2.71 bits per heavy atom. The number of rotatable bonds is 4. The Kier molecular flexibility index (Phi) is 4.84. The molecule has 0 atom stereocenters. The van der Waals surface area contributed by atoms with Gasteiger partial charge in [-0.25, -0.2) is 14.2 Å². The standard InChI is InChI=1S/C18H17F2N3O/c19-15-7-3-8-16(20)14(15)11-21-22-18(24)12-23-10-4-6-13-5-1-2-9-17(13)23/h1-3,5,7-9,11H,4,6,10,12H2,(H,22,24)/b21-11-. The first-order chi connectivity index (χ1) is 11.6. The fourth-order valence-corrected chi connectivity index (χ4v) is 2.79. The molecule has 0 saturated carbocycles. The van der Waals surface area contributed by atoms with Crippen molar-refractivity contribution in [3.8, 4) is 0 Å². The van der Waals surface area contributed by atoms with Gasteiger partial charge in [-0.1, -0.05) is 24.3 Å². The summed E-state index contributed by atoms with van der Waals surface area (Å²) < 4.78 is 26.9. The average Bonchev–Trinajstić information content (AvgIpc) is 2.58. The molecular formula is C18H17F2N3O. The molecule has 2 aromatic carbocycles. The van der Waals surface area contributed by atoms with Gasteiger partial charge in [-0.05, 0) is 36.6 Å². The summed E-state index contributed by atoms with van der Waals surface area (Å²) >= 11 is 0. The molecule has 1 N–H and O–H groups in total. The maximum Gasteiger partial charge on any atom is 0.259 e. The highest BCUT2D eigenvalue weighted by atomic mass is 19.1. The smallest absolute Gasteiger partial charge is 0.259 e. The third kappa shape index (κ3) is 3.59. The Labute approximate surface area is 138 Å². The summed E-state index contributed by atoms with van der Waals surface area (Å²) in [5.41, 5.74) is 4.30. The SMILES string of the molecule is O=C(CN1CCCc2ccccc21)N/N=C\c1c(F)cccc1F. The summed E-state index contributed by atoms with van der Waals surface area (Å²) in [5.74, 6) is -1.78. The van der Waals surface area contributed by atoms with E-state index in [0.717, 1.165) is 43.4 Å². The van der Waals surface area contributed by atoms with Gasteiger partial charge in [0.05, 0.1) is 18.3 Å². The molecular weight excluding hydrogens is 312 g/mol. The van der Waals surface area contributed by atoms with Crippen LogP contribution in [0.4, 0.5) is 14.5 Å². The maximum absolute atomic E-state index is 13.5. The Morgan fingerprint density at radius 1 is 1.17 bits per heavy atom. The average molecular weight is 329 g/mol. The van der Waals surface area contributed by atoms with Gasteiger partial charge in [-0.15, -0.1) is 0 Å². The van der Waals surface area contributed by atoms with Crippen molar-refractivity contribution in [3.05, 3.63) is 65.2 Å². The van der Waals surface area contributed by atoms with Crippen LogP contribution in [0.5, 0.6) is 0 Å². The maximum atomic E-state index is 13.5. The first-order valence-corrected chi connectivity index (χ1v) is 7.74. The second-order valence-corrected chi connectivity index (χ2v) is 5.58. The van der Waals surface area contributed by atoms with Gasteiger partial charge in [0.1, 0.15) is 11.6 Å². The lowest BCUT2D eigenvalue weighted by Gasteiger charge is -2.30. The minimum atomic E-state index is -0.724. The zero-order valence-electron chi connectivity index (χ0n) is 13.0. The number of amides is 1. The number of para-hydroxylation sites is 1. The van der Waals surface area contributed by atoms with Crippen LogP contribution < -0.4 is 10.3 Å². The first-order valence-electron chi connectivity index (χ1n) is 7.74. The number of halogens is 2. The molecule has 124 valence electrons. The molecule has 0 spiro atoms. The molecule has 0 saturated heterocycles. The van der Waals surface area contributed by atoms with Gasteiger partial charge in [0, 0.05) is 12.2 Å². The van der Waals surface area contributed by atoms with Gasteiger partial charge in [0.15, 0.2) is 0 Å². The van der Waals surface area contributed by atoms with Crippen molar-refractivity contribution < 1.29 is 13.6 Å². The van der Waals surface area contributed by atoms with Gasteiger partial charge in [0.2, 0.25) is 0 Å². The molecule has 3 rings (SSSR count). The van der Waals surface area contributed by atoms with Crippen LogP contribution in [-0.4, -0.2) is 25.2 Å². The van der Waals surface area contributed by atoms with Crippen LogP contribution in [-0.2, 0) is 11.2 Å². The number of nitrogens with zero attached hydrogens (tertiary/aromatic N) is 2. The van der Waals surface area contributed by atoms with E-state index in [4.69, 9.17) is 0 Å². The number of carbonyl (C=O) groups excluding carboxylic acids is 1. The topological polar surface area (TPSA) is 44.7 Å². The zero-order valence-corrected chi connectivity index (χ0v) is 13.0. The molecule has 1 aliphatic heterocycles. The van der Waals surface area contributed by atoms with E-state index in [1.807, 2.05) is 23.1 Å². The monoisotopic (exact) mass is 329 g/mol. The molecule has 2 aromatic rings. The number of fused-ring (bicyclic) bond motifs is 1. The van der Waals surface area contributed by atoms with Crippen LogP contribution in [0.3, 0.4) is 0 Å². The van der Waals surface area contributed by atoms with Gasteiger partial charge in [-0.2, -0.15) is 5.10 Å². The van der Waals surface area contributed by atoms with Gasteiger partial charge in [0.25, 0.3) is 5.91 Å². The lowest BCUT2D eigenvalue weighted by molar-refractivity contribution is -0.119. The first kappa shape index (κ1) is 16.1. The van der Waals surface area contributed by atoms with Gasteiger partial charge < -0.3 is 4.90 Å². The van der Waals surface area contributed by atoms with Crippen molar-refractivity contribution >= 4 is 17.8 Å². The van der Waals surface area contributed by atoms with Crippen molar-refractivity contribution in [3.63, 3.8) is 0 Å². The summed E-state index contributed by atoms with van der Waals surface area (Å²) in [6.07, 6.45) is 2.96. The number of carbonyl (C=O) groups is 1. The van der Waals surface area contributed by atoms with E-state index in [2.05, 4.69) is 16.6 Å². The van der Waals surface area contributed by atoms with E-state index in [-0.39, 0.29) is 18.0 Å². The molecule has 1 amide bonds. The van der Waals surface area contributed by atoms with E-state index in [1.165, 1.54) is 11.6 Å². The highest BCUT2D eigenvalue weighted by Crippen LogP contribution is 2.26. The Balaban J connectivity index is 1.62. The summed E-state index contributed by atoms with van der Waals surface area (Å²) in [7, 11) is 0. The van der Waals surface area contributed by atoms with Gasteiger partial charge >= 0.3 is 0 Å². The normalized spacial score (nSPS) is 13.8. The van der Waals surface area contributed by atoms with Gasteiger partial charge in [-0.3, -0.25) is 4.79 Å². The molecule has 0 unspecified atom stereocenters. The molecule has 1 heterocycles. The van der Waals surface area contributed by atoms with Crippen LogP contribution in [0.25, 0.3) is 0 Å². The number of hydrogen-bond donors (Lipinski definition) is 1. The molecule has 0 fully saturated rings. The van der Waals surface area contributed by atoms with E-state index in [1.54, 1.807) is 0 Å². The zero-order chi connectivity index (χ0) is 16.9. The van der Waals surface area contributed by atoms with Crippen molar-refractivity contribution in [2.75, 3.05) is 18.0 Å². The van der Waals surface area contributed by atoms with Crippen LogP contribution in [0.1, 0.15) is 17.5 Å². The summed E-state index contributed by atoms with van der Waals surface area (Å²) in [6.45, 7) is 0.935. The fraction of sp³-hybridized carbons (Fsp3) is 0.222. The number of benzene rings is 2. The van der Waals surface area contributed by atoms with Crippen molar-refractivity contribution in [1.29, 1.82) is 0 Å². The molecule has 24 heavy (non-hydrogen) atoms. The Hall–Kier alpha value is -2.76. The fourth-order valence-electron chi connectivity index (χ4n) is 2.79. The number of hydrogen-bond acceptors (Lipinski definition) is 3. The van der Waals surface area contributed by atoms with E-state index < -0.39 is 11.6 Å². The number of nitrogens with one attached hydrogen (secondary N) is 1. The van der Waals surface area contributed by atoms with E-state index in [9.17, 15) is 13.6 Å². The predicted molar refractivity (Wildman–Crippen MR) is 89.1 cm³/mol. The second kappa shape index (κ2) is 7.21. The summed E-state index contributed by atoms with van der Waals surface area (Å²) in [6, 6.07) is 11.5. The molecule has 4 nitrogen and oxygen atoms in total. The lowest BCUT2D eigenvalue weighted by Crippen LogP contribution is -2.38. The highest BCUT2D eigenvalue weighted by molar-refractivity contribution is 5.85. The number of anilines is 1. The predicted octanol–water partition coefficient (Wildman–Crippen LogP) is 2.87. The molecule has 1 aliphatic rings. The molecule has 6 heteroatoms. The highest BCUT2D eigenvalue weighted by Gasteiger charge is 2.18. The molecule has 0 bridgehead atoms. The molecule has 0 radical (unpaired) electrons. The third-order valence-electron chi connectivity index (χ3n) is 3.92. The largest absolute Gasteiger partial charge is 0.362 e. The van der Waals surface area contributed by atoms with Crippen molar-refractivity contribution in [2.45, 2.75) is 12.8 Å². The van der Waals surface area contributed by atoms with Crippen LogP contribution in [0, 0.1) is 11.6 Å². The van der Waals surface area contributed by atoms with Crippen molar-refractivity contribution in [1.82, 2.24) is 5.43 Å². The summed E-state index contributed by atoms with van der Waals surface area (Å²) in [4.78, 5) is 14.0. The van der Waals surface area contributed by atoms with Crippen molar-refractivity contribution in [2.24, 2.45) is 5.10 Å². The minimum absolute atomic E-state index is 0.147. The second-order valence-electron chi connectivity index (χ2n) is 5.58. The quantitative estimate of drug-likeness (QED) is 0.692. The van der Waals surface area contributed by atoms with Crippen LogP contribution >= 0.6 is 0 Å². The molecule has 0 aliphatic carbocycles. The Bertz CT molecular complexity index is 756. The number of aryl methyl sites for hydroxylation is 1. The lowest BCUT2D eigenvalue weighted by atomic mass is 10.0. The third-order valence-corrected chi connectivity index (χ3v) is 3.92. The van der Waals surface area contributed by atoms with E-state index >= 15 is 0 Å². The van der Waals surface area contributed by atoms with Crippen LogP contribution in [0.2, 0.25) is 0 Å².